The van der Waals surface area contributed by atoms with Crippen molar-refractivity contribution in [1.82, 2.24) is 20.1 Å². The zero-order chi connectivity index (χ0) is 15.2. The number of rotatable bonds is 4. The molecule has 22 heavy (non-hydrogen) atoms. The van der Waals surface area contributed by atoms with E-state index in [0.29, 0.717) is 6.42 Å². The maximum Gasteiger partial charge on any atom is 0.222 e. The first kappa shape index (κ1) is 18.8. The first-order valence-electron chi connectivity index (χ1n) is 7.49. The molecule has 1 atom stereocenters. The van der Waals surface area contributed by atoms with E-state index >= 15 is 0 Å². The number of nitrogens with one attached hydrogen (secondary N) is 2. The van der Waals surface area contributed by atoms with Crippen molar-refractivity contribution in [2.75, 3.05) is 20.1 Å². The summed E-state index contributed by atoms with van der Waals surface area (Å²) in [5.74, 6) is 1.01. The van der Waals surface area contributed by atoms with E-state index in [2.05, 4.69) is 26.3 Å². The fourth-order valence-corrected chi connectivity index (χ4v) is 2.57. The molecule has 0 aliphatic carbocycles. The number of carbonyl (C=O) groups is 1. The number of aryl methyl sites for hydroxylation is 1. The second-order valence-electron chi connectivity index (χ2n) is 5.36. The number of carbonyl (C=O) groups excluding carboxylic acids is 1. The number of halogens is 1. The zero-order valence-electron chi connectivity index (χ0n) is 13.5. The van der Waals surface area contributed by atoms with Crippen LogP contribution < -0.4 is 10.6 Å². The minimum absolute atomic E-state index is 0. The molecular weight excluding hydrogens is 393 g/mol. The molecule has 1 unspecified atom stereocenters. The van der Waals surface area contributed by atoms with Crippen LogP contribution in [-0.4, -0.2) is 47.5 Å². The lowest BCUT2D eigenvalue weighted by atomic mass is 10.3. The smallest absolute Gasteiger partial charge is 0.222 e. The van der Waals surface area contributed by atoms with Crippen molar-refractivity contribution in [3.8, 4) is 0 Å². The van der Waals surface area contributed by atoms with Crippen LogP contribution in [0.1, 0.15) is 25.5 Å². The Hall–Kier alpha value is -1.25. The van der Waals surface area contributed by atoms with Gasteiger partial charge in [0.05, 0.1) is 6.54 Å². The highest BCUT2D eigenvalue weighted by Crippen LogP contribution is 2.10. The van der Waals surface area contributed by atoms with Crippen molar-refractivity contribution in [3.05, 3.63) is 24.0 Å². The minimum Gasteiger partial charge on any atom is -0.353 e. The fourth-order valence-electron chi connectivity index (χ4n) is 2.57. The van der Waals surface area contributed by atoms with Gasteiger partial charge in [-0.2, -0.15) is 0 Å². The van der Waals surface area contributed by atoms with Gasteiger partial charge in [-0.3, -0.25) is 9.79 Å². The summed E-state index contributed by atoms with van der Waals surface area (Å²) in [6.07, 6.45) is 3.57. The van der Waals surface area contributed by atoms with Crippen LogP contribution >= 0.6 is 24.0 Å². The highest BCUT2D eigenvalue weighted by molar-refractivity contribution is 14.0. The van der Waals surface area contributed by atoms with Gasteiger partial charge in [0.25, 0.3) is 0 Å². The molecule has 124 valence electrons. The molecule has 2 heterocycles. The van der Waals surface area contributed by atoms with Gasteiger partial charge < -0.3 is 20.1 Å². The molecule has 2 rings (SSSR count). The van der Waals surface area contributed by atoms with Crippen LogP contribution in [0.25, 0.3) is 0 Å². The average molecular weight is 419 g/mol. The molecule has 1 amide bonds. The van der Waals surface area contributed by atoms with Crippen molar-refractivity contribution < 1.29 is 4.79 Å². The highest BCUT2D eigenvalue weighted by atomic mass is 127. The van der Waals surface area contributed by atoms with E-state index in [4.69, 9.17) is 0 Å². The predicted octanol–water partition coefficient (Wildman–Crippen LogP) is 1.32. The lowest BCUT2D eigenvalue weighted by Gasteiger charge is -2.18. The topological polar surface area (TPSA) is 61.7 Å². The Labute approximate surface area is 149 Å². The van der Waals surface area contributed by atoms with E-state index in [1.165, 1.54) is 5.69 Å². The number of guanidine groups is 1. The van der Waals surface area contributed by atoms with Gasteiger partial charge in [-0.1, -0.05) is 6.92 Å². The summed E-state index contributed by atoms with van der Waals surface area (Å²) in [5, 5.41) is 6.70. The standard InChI is InChI=1S/C15H25N5O.HI/c1-4-14(21)20-9-7-12(11-20)18-15(16-2)17-10-13-6-5-8-19(13)3;/h5-6,8,12H,4,7,9-11H2,1-3H3,(H2,16,17,18);1H. The molecule has 1 fully saturated rings. The quantitative estimate of drug-likeness (QED) is 0.440. The van der Waals surface area contributed by atoms with Gasteiger partial charge in [-0.05, 0) is 18.6 Å². The van der Waals surface area contributed by atoms with Crippen LogP contribution in [-0.2, 0) is 18.4 Å². The van der Waals surface area contributed by atoms with Crippen LogP contribution in [0.2, 0.25) is 0 Å². The van der Waals surface area contributed by atoms with E-state index in [1.807, 2.05) is 31.1 Å². The van der Waals surface area contributed by atoms with E-state index in [0.717, 1.165) is 32.0 Å². The normalized spacial score (nSPS) is 18.0. The number of aliphatic imine (C=N–C) groups is 1. The van der Waals surface area contributed by atoms with Crippen LogP contribution in [0.4, 0.5) is 0 Å². The second-order valence-corrected chi connectivity index (χ2v) is 5.36. The Balaban J connectivity index is 0.00000242. The molecule has 1 saturated heterocycles. The van der Waals surface area contributed by atoms with Crippen molar-refractivity contribution in [1.29, 1.82) is 0 Å². The van der Waals surface area contributed by atoms with Gasteiger partial charge >= 0.3 is 0 Å². The van der Waals surface area contributed by atoms with Gasteiger partial charge in [0.2, 0.25) is 5.91 Å². The first-order chi connectivity index (χ1) is 10.1. The Morgan fingerprint density at radius 3 is 2.86 bits per heavy atom. The molecular formula is C15H26IN5O. The number of hydrogen-bond donors (Lipinski definition) is 2. The Bertz CT molecular complexity index is 514. The SMILES string of the molecule is CCC(=O)N1CCC(NC(=NC)NCc2cccn2C)C1.I. The van der Waals surface area contributed by atoms with Crippen molar-refractivity contribution >= 4 is 35.8 Å². The van der Waals surface area contributed by atoms with E-state index in [9.17, 15) is 4.79 Å². The summed E-state index contributed by atoms with van der Waals surface area (Å²) >= 11 is 0. The third-order valence-electron chi connectivity index (χ3n) is 3.90. The van der Waals surface area contributed by atoms with Crippen LogP contribution in [0.3, 0.4) is 0 Å². The Morgan fingerprint density at radius 2 is 2.27 bits per heavy atom. The van der Waals surface area contributed by atoms with Gasteiger partial charge in [0.15, 0.2) is 5.96 Å². The van der Waals surface area contributed by atoms with Crippen LogP contribution in [0.15, 0.2) is 23.3 Å². The molecule has 0 bridgehead atoms. The molecule has 7 heteroatoms. The number of nitrogens with zero attached hydrogens (tertiary/aromatic N) is 3. The zero-order valence-corrected chi connectivity index (χ0v) is 15.8. The average Bonchev–Trinajstić information content (AvgIpc) is 3.11. The van der Waals surface area contributed by atoms with E-state index in [-0.39, 0.29) is 35.9 Å². The Morgan fingerprint density at radius 1 is 1.50 bits per heavy atom. The molecule has 1 aliphatic heterocycles. The maximum absolute atomic E-state index is 11.7. The lowest BCUT2D eigenvalue weighted by molar-refractivity contribution is -0.129. The molecule has 0 radical (unpaired) electrons. The molecule has 2 N–H and O–H groups in total. The van der Waals surface area contributed by atoms with Crippen molar-refractivity contribution in [2.24, 2.45) is 12.0 Å². The van der Waals surface area contributed by atoms with Crippen molar-refractivity contribution in [2.45, 2.75) is 32.4 Å². The largest absolute Gasteiger partial charge is 0.353 e. The number of aromatic nitrogens is 1. The van der Waals surface area contributed by atoms with Gasteiger partial charge in [0.1, 0.15) is 0 Å². The monoisotopic (exact) mass is 419 g/mol. The summed E-state index contributed by atoms with van der Waals surface area (Å²) in [6.45, 7) is 4.23. The van der Waals surface area contributed by atoms with Gasteiger partial charge in [-0.15, -0.1) is 24.0 Å². The molecule has 0 saturated carbocycles. The predicted molar refractivity (Wildman–Crippen MR) is 99.4 cm³/mol. The molecule has 0 aromatic carbocycles. The molecule has 1 aliphatic rings. The second kappa shape index (κ2) is 9.02. The number of likely N-dealkylation sites (tertiary alicyclic amines) is 1. The van der Waals surface area contributed by atoms with Gasteiger partial charge in [-0.25, -0.2) is 0 Å². The van der Waals surface area contributed by atoms with Crippen LogP contribution in [0, 0.1) is 0 Å². The first-order valence-corrected chi connectivity index (χ1v) is 7.49. The third kappa shape index (κ3) is 4.89. The summed E-state index contributed by atoms with van der Waals surface area (Å²) in [7, 11) is 3.79. The molecule has 0 spiro atoms. The minimum atomic E-state index is 0. The highest BCUT2D eigenvalue weighted by Gasteiger charge is 2.25. The third-order valence-corrected chi connectivity index (χ3v) is 3.90. The number of amides is 1. The van der Waals surface area contributed by atoms with Gasteiger partial charge in [0, 0.05) is 51.5 Å². The fraction of sp³-hybridized carbons (Fsp3) is 0.600. The summed E-state index contributed by atoms with van der Waals surface area (Å²) in [6, 6.07) is 4.38. The molecule has 6 nitrogen and oxygen atoms in total. The Kier molecular flexibility index (Phi) is 7.70. The van der Waals surface area contributed by atoms with E-state index < -0.39 is 0 Å². The summed E-state index contributed by atoms with van der Waals surface area (Å²) in [4.78, 5) is 17.9. The lowest BCUT2D eigenvalue weighted by Crippen LogP contribution is -2.44. The maximum atomic E-state index is 11.7. The summed E-state index contributed by atoms with van der Waals surface area (Å²) < 4.78 is 2.08. The molecule has 1 aromatic heterocycles. The molecule has 1 aromatic rings. The number of hydrogen-bond acceptors (Lipinski definition) is 2. The summed E-state index contributed by atoms with van der Waals surface area (Å²) in [5.41, 5.74) is 1.20. The van der Waals surface area contributed by atoms with Crippen LogP contribution in [0.5, 0.6) is 0 Å². The van der Waals surface area contributed by atoms with E-state index in [1.54, 1.807) is 7.05 Å². The van der Waals surface area contributed by atoms with Crippen molar-refractivity contribution in [3.63, 3.8) is 0 Å².